The van der Waals surface area contributed by atoms with Crippen LogP contribution in [-0.2, 0) is 0 Å². The maximum atomic E-state index is 9.42. The van der Waals surface area contributed by atoms with Crippen molar-refractivity contribution in [2.24, 2.45) is 17.8 Å². The molecule has 3 unspecified atom stereocenters. The van der Waals surface area contributed by atoms with Crippen LogP contribution in [0.25, 0.3) is 0 Å². The van der Waals surface area contributed by atoms with Gasteiger partial charge in [0.15, 0.2) is 0 Å². The molecule has 127 valence electrons. The first-order valence-electron chi connectivity index (χ1n) is 8.84. The van der Waals surface area contributed by atoms with Gasteiger partial charge in [0.2, 0.25) is 0 Å². The molecule has 0 aliphatic rings. The number of aliphatic hydroxyl groups excluding tert-OH is 3. The average Bonchev–Trinajstić information content (AvgIpc) is 2.50. The largest absolute Gasteiger partial charge is 0.396 e. The Morgan fingerprint density at radius 3 is 1.95 bits per heavy atom. The highest BCUT2D eigenvalue weighted by molar-refractivity contribution is 5.02. The molecule has 0 amide bonds. The van der Waals surface area contributed by atoms with Crippen molar-refractivity contribution in [1.29, 1.82) is 0 Å². The molecule has 0 heterocycles. The van der Waals surface area contributed by atoms with E-state index < -0.39 is 0 Å². The molecule has 0 aliphatic heterocycles. The first-order chi connectivity index (χ1) is 10.2. The van der Waals surface area contributed by atoms with Crippen molar-refractivity contribution in [3.05, 3.63) is 5.92 Å². The van der Waals surface area contributed by atoms with Gasteiger partial charge in [0.05, 0.1) is 0 Å². The van der Waals surface area contributed by atoms with Crippen LogP contribution in [0.4, 0.5) is 0 Å². The second-order valence-electron chi connectivity index (χ2n) is 6.20. The molecule has 3 heteroatoms. The van der Waals surface area contributed by atoms with Gasteiger partial charge < -0.3 is 15.3 Å². The summed E-state index contributed by atoms with van der Waals surface area (Å²) in [5, 5.41) is 27.4. The van der Waals surface area contributed by atoms with E-state index in [9.17, 15) is 5.11 Å². The first kappa shape index (κ1) is 20.9. The fourth-order valence-electron chi connectivity index (χ4n) is 3.55. The zero-order valence-corrected chi connectivity index (χ0v) is 14.4. The summed E-state index contributed by atoms with van der Waals surface area (Å²) in [4.78, 5) is 0. The lowest BCUT2D eigenvalue weighted by atomic mass is 9.70. The van der Waals surface area contributed by atoms with Gasteiger partial charge in [-0.2, -0.15) is 0 Å². The van der Waals surface area contributed by atoms with Gasteiger partial charge in [-0.05, 0) is 49.4 Å². The van der Waals surface area contributed by atoms with Crippen LogP contribution < -0.4 is 0 Å². The summed E-state index contributed by atoms with van der Waals surface area (Å²) in [6, 6.07) is 0. The molecule has 0 aromatic heterocycles. The summed E-state index contributed by atoms with van der Waals surface area (Å²) in [7, 11) is 0. The summed E-state index contributed by atoms with van der Waals surface area (Å²) in [5.74, 6) is 3.17. The summed E-state index contributed by atoms with van der Waals surface area (Å²) >= 11 is 0. The lowest BCUT2D eigenvalue weighted by Gasteiger charge is -2.35. The van der Waals surface area contributed by atoms with Crippen LogP contribution in [0.15, 0.2) is 0 Å². The lowest BCUT2D eigenvalue weighted by molar-refractivity contribution is 0.212. The average molecular weight is 301 g/mol. The predicted molar refractivity (Wildman–Crippen MR) is 88.9 cm³/mol. The number of unbranched alkanes of at least 4 members (excludes halogenated alkanes) is 1. The van der Waals surface area contributed by atoms with E-state index in [-0.39, 0.29) is 19.8 Å². The molecule has 0 saturated heterocycles. The summed E-state index contributed by atoms with van der Waals surface area (Å²) in [6.45, 7) is 7.52. The lowest BCUT2D eigenvalue weighted by Crippen LogP contribution is -2.26. The van der Waals surface area contributed by atoms with Crippen LogP contribution in [0.2, 0.25) is 0 Å². The van der Waals surface area contributed by atoms with Crippen LogP contribution in [-0.4, -0.2) is 35.1 Å². The maximum absolute atomic E-state index is 9.42. The SMILES string of the molecule is CCC(CCCO)[C](CCO)C(C)C(CC)CCCCO. The van der Waals surface area contributed by atoms with Gasteiger partial charge in [0, 0.05) is 19.8 Å². The van der Waals surface area contributed by atoms with E-state index in [4.69, 9.17) is 10.2 Å². The van der Waals surface area contributed by atoms with E-state index >= 15 is 0 Å². The van der Waals surface area contributed by atoms with Crippen molar-refractivity contribution in [3.8, 4) is 0 Å². The van der Waals surface area contributed by atoms with Crippen molar-refractivity contribution < 1.29 is 15.3 Å². The van der Waals surface area contributed by atoms with E-state index in [2.05, 4.69) is 20.8 Å². The van der Waals surface area contributed by atoms with E-state index in [1.54, 1.807) is 0 Å². The normalized spacial score (nSPS) is 16.1. The van der Waals surface area contributed by atoms with Gasteiger partial charge in [0.25, 0.3) is 0 Å². The number of hydrogen-bond acceptors (Lipinski definition) is 3. The standard InChI is InChI=1S/C18H37O3/c1-4-16(9-6-7-12-19)15(3)18(11-14-21)17(5-2)10-8-13-20/h15-17,19-21H,4-14H2,1-3H3. The number of rotatable bonds is 14. The van der Waals surface area contributed by atoms with Crippen molar-refractivity contribution in [2.75, 3.05) is 19.8 Å². The highest BCUT2D eigenvalue weighted by atomic mass is 16.3. The van der Waals surface area contributed by atoms with Crippen molar-refractivity contribution in [3.63, 3.8) is 0 Å². The molecule has 0 aromatic carbocycles. The zero-order valence-electron chi connectivity index (χ0n) is 14.4. The molecule has 0 spiro atoms. The highest BCUT2D eigenvalue weighted by Crippen LogP contribution is 2.39. The molecule has 21 heavy (non-hydrogen) atoms. The fraction of sp³-hybridized carbons (Fsp3) is 0.944. The Kier molecular flexibility index (Phi) is 13.5. The molecule has 3 N–H and O–H groups in total. The molecule has 0 bridgehead atoms. The van der Waals surface area contributed by atoms with Gasteiger partial charge in [-0.15, -0.1) is 0 Å². The molecular weight excluding hydrogens is 264 g/mol. The molecule has 1 radical (unpaired) electrons. The van der Waals surface area contributed by atoms with Crippen LogP contribution in [0, 0.1) is 23.7 Å². The predicted octanol–water partition coefficient (Wildman–Crippen LogP) is 3.57. The molecule has 0 aliphatic carbocycles. The molecule has 0 aromatic rings. The topological polar surface area (TPSA) is 60.7 Å². The highest BCUT2D eigenvalue weighted by Gasteiger charge is 2.29. The van der Waals surface area contributed by atoms with Gasteiger partial charge in [-0.1, -0.05) is 46.5 Å². The van der Waals surface area contributed by atoms with Gasteiger partial charge in [0.1, 0.15) is 0 Å². The fourth-order valence-corrected chi connectivity index (χ4v) is 3.55. The smallest absolute Gasteiger partial charge is 0.0436 e. The Bertz CT molecular complexity index is 221. The van der Waals surface area contributed by atoms with E-state index in [1.165, 1.54) is 5.92 Å². The third kappa shape index (κ3) is 8.18. The zero-order chi connectivity index (χ0) is 16.1. The molecular formula is C18H37O3. The Morgan fingerprint density at radius 2 is 1.48 bits per heavy atom. The van der Waals surface area contributed by atoms with E-state index in [0.717, 1.165) is 51.4 Å². The summed E-state index contributed by atoms with van der Waals surface area (Å²) in [6.07, 6.45) is 8.04. The second kappa shape index (κ2) is 13.5. The third-order valence-electron chi connectivity index (χ3n) is 4.93. The molecule has 0 fully saturated rings. The van der Waals surface area contributed by atoms with Crippen LogP contribution in [0.3, 0.4) is 0 Å². The second-order valence-corrected chi connectivity index (χ2v) is 6.20. The quantitative estimate of drug-likeness (QED) is 0.430. The molecule has 3 nitrogen and oxygen atoms in total. The van der Waals surface area contributed by atoms with Crippen LogP contribution in [0.1, 0.15) is 72.1 Å². The van der Waals surface area contributed by atoms with Crippen LogP contribution >= 0.6 is 0 Å². The Balaban J connectivity index is 4.69. The van der Waals surface area contributed by atoms with Crippen molar-refractivity contribution in [1.82, 2.24) is 0 Å². The summed E-state index contributed by atoms with van der Waals surface area (Å²) in [5.41, 5.74) is 0. The minimum Gasteiger partial charge on any atom is -0.396 e. The number of aliphatic hydroxyl groups is 3. The van der Waals surface area contributed by atoms with Crippen LogP contribution in [0.5, 0.6) is 0 Å². The summed E-state index contributed by atoms with van der Waals surface area (Å²) < 4.78 is 0. The minimum absolute atomic E-state index is 0.225. The first-order valence-corrected chi connectivity index (χ1v) is 8.84. The molecule has 0 rings (SSSR count). The maximum Gasteiger partial charge on any atom is 0.0436 e. The Labute approximate surface area is 131 Å². The Morgan fingerprint density at radius 1 is 0.810 bits per heavy atom. The Hall–Kier alpha value is -0.120. The third-order valence-corrected chi connectivity index (χ3v) is 4.93. The van der Waals surface area contributed by atoms with Gasteiger partial charge in [-0.3, -0.25) is 0 Å². The number of hydrogen-bond donors (Lipinski definition) is 3. The minimum atomic E-state index is 0.225. The van der Waals surface area contributed by atoms with Crippen molar-refractivity contribution in [2.45, 2.75) is 72.1 Å². The van der Waals surface area contributed by atoms with E-state index in [0.29, 0.717) is 17.8 Å². The van der Waals surface area contributed by atoms with Crippen molar-refractivity contribution >= 4 is 0 Å². The molecule has 0 saturated carbocycles. The monoisotopic (exact) mass is 301 g/mol. The van der Waals surface area contributed by atoms with Gasteiger partial charge >= 0.3 is 0 Å². The van der Waals surface area contributed by atoms with Gasteiger partial charge in [-0.25, -0.2) is 0 Å². The van der Waals surface area contributed by atoms with E-state index in [1.807, 2.05) is 0 Å². The molecule has 3 atom stereocenters.